The molecule has 1 aromatic carbocycles. The van der Waals surface area contributed by atoms with Crippen LogP contribution >= 0.6 is 0 Å². The van der Waals surface area contributed by atoms with Gasteiger partial charge in [0.15, 0.2) is 0 Å². The third-order valence-corrected chi connectivity index (χ3v) is 5.45. The molecule has 2 amide bonds. The van der Waals surface area contributed by atoms with Crippen molar-refractivity contribution < 1.29 is 14.3 Å². The molecule has 0 unspecified atom stereocenters. The van der Waals surface area contributed by atoms with E-state index in [-0.39, 0.29) is 23.3 Å². The minimum atomic E-state index is -0.610. The van der Waals surface area contributed by atoms with Gasteiger partial charge in [-0.05, 0) is 56.0 Å². The van der Waals surface area contributed by atoms with Gasteiger partial charge in [-0.2, -0.15) is 5.10 Å². The van der Waals surface area contributed by atoms with Crippen LogP contribution in [0.5, 0.6) is 5.75 Å². The van der Waals surface area contributed by atoms with E-state index in [1.54, 1.807) is 9.58 Å². The Labute approximate surface area is 169 Å². The quantitative estimate of drug-likeness (QED) is 0.727. The molecule has 1 saturated carbocycles. The molecule has 2 aliphatic rings. The van der Waals surface area contributed by atoms with Crippen LogP contribution < -0.4 is 16.2 Å². The van der Waals surface area contributed by atoms with Crippen LogP contribution in [0.15, 0.2) is 36.9 Å². The lowest BCUT2D eigenvalue weighted by atomic mass is 10.0. The van der Waals surface area contributed by atoms with E-state index in [0.717, 1.165) is 24.2 Å². The van der Waals surface area contributed by atoms with Crippen LogP contribution in [-0.4, -0.2) is 45.7 Å². The first-order valence-electron chi connectivity index (χ1n) is 9.84. The second-order valence-corrected chi connectivity index (χ2v) is 7.52. The van der Waals surface area contributed by atoms with Crippen molar-refractivity contribution in [1.82, 2.24) is 14.7 Å². The Bertz CT molecular complexity index is 938. The highest BCUT2D eigenvalue weighted by molar-refractivity contribution is 6.03. The standard InChI is InChI=1S/C21H25N5O3/c1-2-17(27)25-11-9-14(10-12-25)26-20(22)18(21(23)28)19(24-26)13-3-5-15(6-4-13)29-16-7-8-16/h2-6,14,16H,1,7-12,22H2,(H2,23,28). The van der Waals surface area contributed by atoms with Crippen molar-refractivity contribution in [2.24, 2.45) is 5.73 Å². The number of carbonyl (C=O) groups excluding carboxylic acids is 2. The number of carbonyl (C=O) groups is 2. The van der Waals surface area contributed by atoms with Crippen molar-refractivity contribution in [3.05, 3.63) is 42.5 Å². The molecule has 0 radical (unpaired) electrons. The minimum Gasteiger partial charge on any atom is -0.490 e. The highest BCUT2D eigenvalue weighted by atomic mass is 16.5. The Hall–Kier alpha value is -3.29. The van der Waals surface area contributed by atoms with Gasteiger partial charge in [0, 0.05) is 18.7 Å². The number of piperidine rings is 1. The smallest absolute Gasteiger partial charge is 0.254 e. The number of amides is 2. The summed E-state index contributed by atoms with van der Waals surface area (Å²) in [5.41, 5.74) is 13.3. The second kappa shape index (κ2) is 7.62. The highest BCUT2D eigenvalue weighted by Gasteiger charge is 2.29. The molecule has 1 saturated heterocycles. The average Bonchev–Trinajstić information content (AvgIpc) is 3.47. The number of nitrogens with two attached hydrogens (primary N) is 2. The van der Waals surface area contributed by atoms with E-state index in [4.69, 9.17) is 16.2 Å². The Balaban J connectivity index is 1.59. The molecule has 2 heterocycles. The van der Waals surface area contributed by atoms with Crippen LogP contribution in [0.1, 0.15) is 42.1 Å². The van der Waals surface area contributed by atoms with Gasteiger partial charge in [0.1, 0.15) is 22.8 Å². The zero-order chi connectivity index (χ0) is 20.5. The predicted molar refractivity (Wildman–Crippen MR) is 109 cm³/mol. The van der Waals surface area contributed by atoms with Crippen LogP contribution in [0.4, 0.5) is 5.82 Å². The van der Waals surface area contributed by atoms with E-state index in [0.29, 0.717) is 37.7 Å². The fraction of sp³-hybridized carbons (Fsp3) is 0.381. The summed E-state index contributed by atoms with van der Waals surface area (Å²) in [6.45, 7) is 4.70. The third kappa shape index (κ3) is 3.83. The molecule has 0 atom stereocenters. The van der Waals surface area contributed by atoms with E-state index in [2.05, 4.69) is 11.7 Å². The van der Waals surface area contributed by atoms with Gasteiger partial charge in [-0.15, -0.1) is 0 Å². The van der Waals surface area contributed by atoms with Crippen molar-refractivity contribution in [2.45, 2.75) is 37.8 Å². The lowest BCUT2D eigenvalue weighted by Gasteiger charge is -2.31. The van der Waals surface area contributed by atoms with Crippen LogP contribution in [0.2, 0.25) is 0 Å². The summed E-state index contributed by atoms with van der Waals surface area (Å²) in [4.78, 5) is 25.7. The third-order valence-electron chi connectivity index (χ3n) is 5.45. The minimum absolute atomic E-state index is 0.00631. The summed E-state index contributed by atoms with van der Waals surface area (Å²) in [6, 6.07) is 7.46. The van der Waals surface area contributed by atoms with E-state index >= 15 is 0 Å². The normalized spacial score (nSPS) is 17.2. The zero-order valence-corrected chi connectivity index (χ0v) is 16.2. The van der Waals surface area contributed by atoms with Gasteiger partial charge in [-0.1, -0.05) is 6.58 Å². The van der Waals surface area contributed by atoms with Gasteiger partial charge in [0.25, 0.3) is 5.91 Å². The van der Waals surface area contributed by atoms with Crippen LogP contribution in [0.3, 0.4) is 0 Å². The summed E-state index contributed by atoms with van der Waals surface area (Å²) in [7, 11) is 0. The number of anilines is 1. The summed E-state index contributed by atoms with van der Waals surface area (Å²) in [5.74, 6) is 0.369. The molecule has 8 nitrogen and oxygen atoms in total. The van der Waals surface area contributed by atoms with Crippen molar-refractivity contribution in [2.75, 3.05) is 18.8 Å². The second-order valence-electron chi connectivity index (χ2n) is 7.52. The van der Waals surface area contributed by atoms with E-state index in [1.807, 2.05) is 24.3 Å². The predicted octanol–water partition coefficient (Wildman–Crippen LogP) is 2.12. The molecular formula is C21H25N5O3. The van der Waals surface area contributed by atoms with Crippen LogP contribution in [0, 0.1) is 0 Å². The molecule has 4 N–H and O–H groups in total. The molecule has 8 heteroatoms. The lowest BCUT2D eigenvalue weighted by Crippen LogP contribution is -2.38. The fourth-order valence-electron chi connectivity index (χ4n) is 3.70. The van der Waals surface area contributed by atoms with Gasteiger partial charge in [-0.25, -0.2) is 4.68 Å². The maximum Gasteiger partial charge on any atom is 0.254 e. The zero-order valence-electron chi connectivity index (χ0n) is 16.2. The SMILES string of the molecule is C=CC(=O)N1CCC(n2nc(-c3ccc(OC4CC4)cc3)c(C(N)=O)c2N)CC1. The van der Waals surface area contributed by atoms with E-state index < -0.39 is 5.91 Å². The molecule has 2 fully saturated rings. The number of benzene rings is 1. The van der Waals surface area contributed by atoms with Gasteiger partial charge < -0.3 is 21.1 Å². The number of rotatable bonds is 6. The first-order chi connectivity index (χ1) is 14.0. The van der Waals surface area contributed by atoms with Crippen molar-refractivity contribution in [3.8, 4) is 17.0 Å². The largest absolute Gasteiger partial charge is 0.490 e. The van der Waals surface area contributed by atoms with E-state index in [9.17, 15) is 9.59 Å². The number of nitrogens with zero attached hydrogens (tertiary/aromatic N) is 3. The Kier molecular flexibility index (Phi) is 5.00. The lowest BCUT2D eigenvalue weighted by molar-refractivity contribution is -0.127. The van der Waals surface area contributed by atoms with Crippen molar-refractivity contribution in [1.29, 1.82) is 0 Å². The molecule has 152 valence electrons. The monoisotopic (exact) mass is 395 g/mol. The maximum atomic E-state index is 12.1. The summed E-state index contributed by atoms with van der Waals surface area (Å²) >= 11 is 0. The number of nitrogen functional groups attached to an aromatic ring is 1. The van der Waals surface area contributed by atoms with Gasteiger partial charge in [0.05, 0.1) is 12.1 Å². The van der Waals surface area contributed by atoms with Crippen LogP contribution in [-0.2, 0) is 4.79 Å². The number of aromatic nitrogens is 2. The number of hydrogen-bond acceptors (Lipinski definition) is 5. The molecule has 29 heavy (non-hydrogen) atoms. The first-order valence-corrected chi connectivity index (χ1v) is 9.84. The number of ether oxygens (including phenoxy) is 1. The summed E-state index contributed by atoms with van der Waals surface area (Å²) in [5, 5.41) is 4.64. The number of likely N-dealkylation sites (tertiary alicyclic amines) is 1. The highest BCUT2D eigenvalue weighted by Crippen LogP contribution is 2.34. The Morgan fingerprint density at radius 3 is 2.34 bits per heavy atom. The van der Waals surface area contributed by atoms with Crippen LogP contribution in [0.25, 0.3) is 11.3 Å². The van der Waals surface area contributed by atoms with Crippen molar-refractivity contribution in [3.63, 3.8) is 0 Å². The Morgan fingerprint density at radius 2 is 1.79 bits per heavy atom. The number of hydrogen-bond donors (Lipinski definition) is 2. The molecular weight excluding hydrogens is 370 g/mol. The van der Waals surface area contributed by atoms with Gasteiger partial charge >= 0.3 is 0 Å². The molecule has 1 aromatic heterocycles. The molecule has 0 spiro atoms. The summed E-state index contributed by atoms with van der Waals surface area (Å²) < 4.78 is 7.46. The number of primary amides is 1. The molecule has 2 aromatic rings. The molecule has 4 rings (SSSR count). The molecule has 1 aliphatic heterocycles. The molecule has 1 aliphatic carbocycles. The fourth-order valence-corrected chi connectivity index (χ4v) is 3.70. The topological polar surface area (TPSA) is 116 Å². The van der Waals surface area contributed by atoms with Crippen molar-refractivity contribution >= 4 is 17.6 Å². The maximum absolute atomic E-state index is 12.1. The van der Waals surface area contributed by atoms with Gasteiger partial charge in [-0.3, -0.25) is 9.59 Å². The summed E-state index contributed by atoms with van der Waals surface area (Å²) in [6.07, 6.45) is 5.20. The van der Waals surface area contributed by atoms with Gasteiger partial charge in [0.2, 0.25) is 5.91 Å². The average molecular weight is 395 g/mol. The van der Waals surface area contributed by atoms with E-state index in [1.165, 1.54) is 6.08 Å². The molecule has 0 bridgehead atoms. The Morgan fingerprint density at radius 1 is 1.14 bits per heavy atom. The first kappa shape index (κ1) is 19.0.